The molecule has 2 unspecified atom stereocenters. The van der Waals surface area contributed by atoms with Crippen molar-refractivity contribution in [3.05, 3.63) is 16.1 Å². The van der Waals surface area contributed by atoms with Crippen LogP contribution in [0, 0.1) is 12.8 Å². The molecule has 2 rings (SSSR count). The van der Waals surface area contributed by atoms with E-state index in [2.05, 4.69) is 23.6 Å². The number of hydrogen-bond acceptors (Lipinski definition) is 4. The van der Waals surface area contributed by atoms with Gasteiger partial charge in [-0.3, -0.25) is 0 Å². The lowest BCUT2D eigenvalue weighted by atomic mass is 9.86. The van der Waals surface area contributed by atoms with Crippen molar-refractivity contribution in [3.8, 4) is 0 Å². The third-order valence-electron chi connectivity index (χ3n) is 3.71. The maximum Gasteiger partial charge on any atom is 0.136 e. The molecule has 1 saturated carbocycles. The zero-order valence-electron chi connectivity index (χ0n) is 12.4. The van der Waals surface area contributed by atoms with Crippen LogP contribution < -0.4 is 4.72 Å². The molecule has 1 heterocycles. The molecule has 1 aromatic heterocycles. The summed E-state index contributed by atoms with van der Waals surface area (Å²) < 4.78 is 15.2. The van der Waals surface area contributed by atoms with Crippen molar-refractivity contribution in [1.82, 2.24) is 9.71 Å². The van der Waals surface area contributed by atoms with Crippen LogP contribution in [0.3, 0.4) is 0 Å². The Morgan fingerprint density at radius 2 is 2.05 bits per heavy atom. The van der Waals surface area contributed by atoms with E-state index in [-0.39, 0.29) is 10.2 Å². The molecule has 1 aromatic rings. The van der Waals surface area contributed by atoms with Crippen LogP contribution >= 0.6 is 11.3 Å². The molecule has 0 spiro atoms. The van der Waals surface area contributed by atoms with E-state index in [1.165, 1.54) is 22.7 Å². The fourth-order valence-electron chi connectivity index (χ4n) is 2.17. The van der Waals surface area contributed by atoms with Crippen LogP contribution in [0.5, 0.6) is 0 Å². The SMILES string of the molecule is Cc1cnc(C(C)(CN[S+]([O-])C(C)(C)C)C2CC2)s1. The van der Waals surface area contributed by atoms with Crippen LogP contribution in [0.2, 0.25) is 0 Å². The third kappa shape index (κ3) is 3.51. The van der Waals surface area contributed by atoms with E-state index in [9.17, 15) is 4.55 Å². The number of rotatable bonds is 5. The standard InChI is InChI=1S/C14H24N2OS2/c1-10-8-15-12(18-10)14(5,11-6-7-11)9-16-19(17)13(2,3)4/h8,11,16H,6-7,9H2,1-5H3. The Kier molecular flexibility index (Phi) is 4.31. The first-order valence-electron chi connectivity index (χ1n) is 6.82. The summed E-state index contributed by atoms with van der Waals surface area (Å²) in [5.74, 6) is 0.683. The first-order chi connectivity index (χ1) is 8.73. The topological polar surface area (TPSA) is 48.0 Å². The lowest BCUT2D eigenvalue weighted by Crippen LogP contribution is -2.46. The fraction of sp³-hybridized carbons (Fsp3) is 0.786. The minimum absolute atomic E-state index is 0.0276. The van der Waals surface area contributed by atoms with Crippen molar-refractivity contribution in [2.75, 3.05) is 6.54 Å². The summed E-state index contributed by atoms with van der Waals surface area (Å²) in [7, 11) is 0. The van der Waals surface area contributed by atoms with Gasteiger partial charge in [0.15, 0.2) is 0 Å². The van der Waals surface area contributed by atoms with Crippen LogP contribution in [-0.4, -0.2) is 20.8 Å². The van der Waals surface area contributed by atoms with Crippen molar-refractivity contribution in [2.24, 2.45) is 5.92 Å². The van der Waals surface area contributed by atoms with E-state index in [0.717, 1.165) is 6.54 Å². The smallest absolute Gasteiger partial charge is 0.136 e. The van der Waals surface area contributed by atoms with Crippen LogP contribution in [0.25, 0.3) is 0 Å². The number of nitrogens with zero attached hydrogens (tertiary/aromatic N) is 1. The van der Waals surface area contributed by atoms with E-state index in [1.807, 2.05) is 27.0 Å². The van der Waals surface area contributed by atoms with Crippen LogP contribution in [0.15, 0.2) is 6.20 Å². The molecule has 19 heavy (non-hydrogen) atoms. The molecular weight excluding hydrogens is 276 g/mol. The second-order valence-corrected chi connectivity index (χ2v) is 9.96. The molecule has 0 amide bonds. The maximum atomic E-state index is 12.2. The maximum absolute atomic E-state index is 12.2. The minimum Gasteiger partial charge on any atom is -0.598 e. The van der Waals surface area contributed by atoms with Crippen molar-refractivity contribution < 1.29 is 4.55 Å². The number of aromatic nitrogens is 1. The Morgan fingerprint density at radius 1 is 1.42 bits per heavy atom. The van der Waals surface area contributed by atoms with Gasteiger partial charge in [0.2, 0.25) is 0 Å². The normalized spacial score (nSPS) is 21.2. The molecule has 0 aliphatic heterocycles. The van der Waals surface area contributed by atoms with Gasteiger partial charge in [-0.15, -0.1) is 16.1 Å². The second-order valence-electron chi connectivity index (χ2n) is 6.67. The molecule has 0 radical (unpaired) electrons. The number of hydrogen-bond donors (Lipinski definition) is 1. The van der Waals surface area contributed by atoms with E-state index in [0.29, 0.717) is 5.92 Å². The van der Waals surface area contributed by atoms with E-state index >= 15 is 0 Å². The second kappa shape index (κ2) is 5.35. The Hall–Kier alpha value is -0.100. The predicted octanol–water partition coefficient (Wildman–Crippen LogP) is 3.17. The molecule has 108 valence electrons. The molecule has 5 heteroatoms. The van der Waals surface area contributed by atoms with E-state index < -0.39 is 11.4 Å². The Morgan fingerprint density at radius 3 is 2.47 bits per heavy atom. The van der Waals surface area contributed by atoms with Gasteiger partial charge in [0, 0.05) is 27.9 Å². The molecule has 1 aliphatic carbocycles. The summed E-state index contributed by atoms with van der Waals surface area (Å²) in [4.78, 5) is 5.82. The first-order valence-corrected chi connectivity index (χ1v) is 8.78. The van der Waals surface area contributed by atoms with E-state index in [1.54, 1.807) is 11.3 Å². The van der Waals surface area contributed by atoms with E-state index in [4.69, 9.17) is 0 Å². The van der Waals surface area contributed by atoms with Crippen molar-refractivity contribution in [1.29, 1.82) is 0 Å². The summed E-state index contributed by atoms with van der Waals surface area (Å²) >= 11 is 0.759. The van der Waals surface area contributed by atoms with Gasteiger partial charge in [0.25, 0.3) is 0 Å². The van der Waals surface area contributed by atoms with Crippen LogP contribution in [0.4, 0.5) is 0 Å². The molecule has 1 fully saturated rings. The monoisotopic (exact) mass is 300 g/mol. The molecule has 0 saturated heterocycles. The summed E-state index contributed by atoms with van der Waals surface area (Å²) in [6.45, 7) is 11.1. The number of aryl methyl sites for hydroxylation is 1. The van der Waals surface area contributed by atoms with Gasteiger partial charge in [-0.2, -0.15) is 0 Å². The molecule has 1 N–H and O–H groups in total. The average molecular weight is 300 g/mol. The largest absolute Gasteiger partial charge is 0.598 e. The summed E-state index contributed by atoms with van der Waals surface area (Å²) in [5, 5.41) is 1.19. The van der Waals surface area contributed by atoms with Crippen molar-refractivity contribution in [3.63, 3.8) is 0 Å². The highest BCUT2D eigenvalue weighted by Gasteiger charge is 2.46. The zero-order valence-corrected chi connectivity index (χ0v) is 14.1. The fourth-order valence-corrected chi connectivity index (χ4v) is 4.02. The summed E-state index contributed by atoms with van der Waals surface area (Å²) in [6, 6.07) is 0. The molecule has 2 atom stereocenters. The van der Waals surface area contributed by atoms with Gasteiger partial charge in [-0.1, -0.05) is 6.92 Å². The van der Waals surface area contributed by atoms with Gasteiger partial charge < -0.3 is 4.55 Å². The first kappa shape index (κ1) is 15.3. The van der Waals surface area contributed by atoms with Crippen LogP contribution in [-0.2, 0) is 16.8 Å². The van der Waals surface area contributed by atoms with Gasteiger partial charge in [-0.25, -0.2) is 4.98 Å². The molecule has 1 aliphatic rings. The molecule has 0 aromatic carbocycles. The average Bonchev–Trinajstić information content (AvgIpc) is 3.07. The highest BCUT2D eigenvalue weighted by Crippen LogP contribution is 2.48. The Balaban J connectivity index is 2.08. The summed E-state index contributed by atoms with van der Waals surface area (Å²) in [6.07, 6.45) is 4.47. The highest BCUT2D eigenvalue weighted by molar-refractivity contribution is 7.90. The van der Waals surface area contributed by atoms with Gasteiger partial charge in [0.1, 0.15) is 9.75 Å². The lowest BCUT2D eigenvalue weighted by Gasteiger charge is -2.31. The zero-order chi connectivity index (χ0) is 14.3. The van der Waals surface area contributed by atoms with Gasteiger partial charge in [-0.05, 0) is 46.5 Å². The Labute approximate surface area is 123 Å². The highest BCUT2D eigenvalue weighted by atomic mass is 32.2. The van der Waals surface area contributed by atoms with Gasteiger partial charge in [0.05, 0.1) is 6.54 Å². The molecular formula is C14H24N2OS2. The van der Waals surface area contributed by atoms with Crippen molar-refractivity contribution in [2.45, 2.75) is 57.6 Å². The number of thiazole rings is 1. The quantitative estimate of drug-likeness (QED) is 0.850. The molecule has 0 bridgehead atoms. The number of nitrogens with one attached hydrogen (secondary N) is 1. The van der Waals surface area contributed by atoms with Crippen molar-refractivity contribution >= 4 is 22.7 Å². The van der Waals surface area contributed by atoms with Gasteiger partial charge >= 0.3 is 0 Å². The minimum atomic E-state index is -1.01. The third-order valence-corrected chi connectivity index (χ3v) is 6.43. The predicted molar refractivity (Wildman–Crippen MR) is 82.8 cm³/mol. The Bertz CT molecular complexity index is 437. The molecule has 3 nitrogen and oxygen atoms in total. The van der Waals surface area contributed by atoms with Crippen LogP contribution in [0.1, 0.15) is 50.4 Å². The lowest BCUT2D eigenvalue weighted by molar-refractivity contribution is 0.399. The summed E-state index contributed by atoms with van der Waals surface area (Å²) in [5.41, 5.74) is 0.0276.